The lowest BCUT2D eigenvalue weighted by Gasteiger charge is -2.16. The molecule has 1 aliphatic heterocycles. The van der Waals surface area contributed by atoms with Crippen LogP contribution in [0.1, 0.15) is 29.2 Å². The van der Waals surface area contributed by atoms with E-state index in [1.807, 2.05) is 60.1 Å². The zero-order valence-electron chi connectivity index (χ0n) is 16.9. The molecule has 5 N–H and O–H groups in total. The lowest BCUT2D eigenvalue weighted by atomic mass is 9.94. The van der Waals surface area contributed by atoms with Gasteiger partial charge < -0.3 is 25.5 Å². The summed E-state index contributed by atoms with van der Waals surface area (Å²) in [7, 11) is 1.91. The molecule has 2 aromatic carbocycles. The van der Waals surface area contributed by atoms with E-state index in [0.29, 0.717) is 12.0 Å². The second kappa shape index (κ2) is 8.20. The fourth-order valence-corrected chi connectivity index (χ4v) is 4.01. The van der Waals surface area contributed by atoms with Crippen LogP contribution in [0.5, 0.6) is 5.75 Å². The van der Waals surface area contributed by atoms with Gasteiger partial charge in [-0.2, -0.15) is 0 Å². The van der Waals surface area contributed by atoms with Crippen LogP contribution in [0.3, 0.4) is 0 Å². The molecule has 30 heavy (non-hydrogen) atoms. The number of aromatic nitrogens is 1. The van der Waals surface area contributed by atoms with Crippen LogP contribution in [-0.2, 0) is 18.3 Å². The first kappa shape index (κ1) is 20.0. The van der Waals surface area contributed by atoms with Gasteiger partial charge in [0.15, 0.2) is 0 Å². The number of nitrogens with zero attached hydrogens (tertiary/aromatic N) is 1. The Hall–Kier alpha value is -3.32. The number of aryl methyl sites for hydroxylation is 1. The summed E-state index contributed by atoms with van der Waals surface area (Å²) in [5.41, 5.74) is 8.84. The fraction of sp³-hybridized carbons (Fsp3) is 0.304. The maximum absolute atomic E-state index is 12.0. The summed E-state index contributed by atoms with van der Waals surface area (Å²) in [4.78, 5) is 12.0. The van der Waals surface area contributed by atoms with Gasteiger partial charge in [0, 0.05) is 36.8 Å². The summed E-state index contributed by atoms with van der Waals surface area (Å²) >= 11 is 0. The van der Waals surface area contributed by atoms with Gasteiger partial charge in [-0.15, -0.1) is 0 Å². The molecule has 4 rings (SSSR count). The van der Waals surface area contributed by atoms with Crippen LogP contribution in [0.25, 0.3) is 10.9 Å². The normalized spacial score (nSPS) is 17.2. The van der Waals surface area contributed by atoms with Gasteiger partial charge in [0.25, 0.3) is 0 Å². The Morgan fingerprint density at radius 1 is 1.30 bits per heavy atom. The van der Waals surface area contributed by atoms with Crippen LogP contribution in [0.4, 0.5) is 0 Å². The van der Waals surface area contributed by atoms with E-state index in [-0.39, 0.29) is 11.9 Å². The average molecular weight is 406 g/mol. The van der Waals surface area contributed by atoms with Crippen molar-refractivity contribution in [3.63, 3.8) is 0 Å². The minimum Gasteiger partial charge on any atom is -0.489 e. The molecule has 0 spiro atoms. The van der Waals surface area contributed by atoms with Crippen molar-refractivity contribution < 1.29 is 14.6 Å². The number of rotatable bonds is 7. The van der Waals surface area contributed by atoms with Crippen LogP contribution in [0.15, 0.2) is 48.5 Å². The molecule has 0 amide bonds. The van der Waals surface area contributed by atoms with Crippen LogP contribution >= 0.6 is 0 Å². The number of carboxylic acid groups (broad SMARTS) is 1. The molecule has 1 aromatic heterocycles. The number of ether oxygens (including phenoxy) is 1. The van der Waals surface area contributed by atoms with Gasteiger partial charge in [0.05, 0.1) is 5.92 Å². The molecule has 0 bridgehead atoms. The smallest absolute Gasteiger partial charge is 0.311 e. The second-order valence-electron chi connectivity index (χ2n) is 7.78. The number of carbonyl (C=O) groups is 1. The lowest BCUT2D eigenvalue weighted by Crippen LogP contribution is -2.19. The van der Waals surface area contributed by atoms with Gasteiger partial charge in [0.1, 0.15) is 17.7 Å². The third-order valence-electron chi connectivity index (χ3n) is 5.77. The highest BCUT2D eigenvalue weighted by Crippen LogP contribution is 2.28. The average Bonchev–Trinajstić information content (AvgIpc) is 3.34. The molecule has 7 heteroatoms. The Morgan fingerprint density at radius 3 is 2.70 bits per heavy atom. The summed E-state index contributed by atoms with van der Waals surface area (Å²) in [6.07, 6.45) is 1.51. The molecule has 2 atom stereocenters. The highest BCUT2D eigenvalue weighted by atomic mass is 16.5. The molecule has 1 fully saturated rings. The molecular formula is C23H26N4O3. The van der Waals surface area contributed by atoms with Crippen molar-refractivity contribution in [3.05, 3.63) is 65.4 Å². The first-order chi connectivity index (χ1) is 14.4. The van der Waals surface area contributed by atoms with E-state index < -0.39 is 11.9 Å². The highest BCUT2D eigenvalue weighted by Gasteiger charge is 2.23. The van der Waals surface area contributed by atoms with Gasteiger partial charge in [-0.3, -0.25) is 10.2 Å². The molecule has 1 aliphatic rings. The number of fused-ring (bicyclic) bond motifs is 1. The monoisotopic (exact) mass is 406 g/mol. The van der Waals surface area contributed by atoms with E-state index in [4.69, 9.17) is 15.9 Å². The highest BCUT2D eigenvalue weighted by molar-refractivity contribution is 5.98. The number of aliphatic carboxylic acids is 1. The van der Waals surface area contributed by atoms with E-state index in [1.165, 1.54) is 0 Å². The molecule has 156 valence electrons. The molecule has 2 heterocycles. The Labute approximate surface area is 175 Å². The lowest BCUT2D eigenvalue weighted by molar-refractivity contribution is -0.138. The number of amidine groups is 1. The number of nitrogens with one attached hydrogen (secondary N) is 2. The first-order valence-corrected chi connectivity index (χ1v) is 10.1. The van der Waals surface area contributed by atoms with Crippen LogP contribution < -0.4 is 15.8 Å². The van der Waals surface area contributed by atoms with E-state index >= 15 is 0 Å². The van der Waals surface area contributed by atoms with Crippen molar-refractivity contribution in [2.45, 2.75) is 24.9 Å². The molecule has 0 aliphatic carbocycles. The van der Waals surface area contributed by atoms with E-state index in [9.17, 15) is 9.90 Å². The maximum Gasteiger partial charge on any atom is 0.311 e. The van der Waals surface area contributed by atoms with Crippen LogP contribution in [0.2, 0.25) is 0 Å². The van der Waals surface area contributed by atoms with Gasteiger partial charge in [0.2, 0.25) is 0 Å². The van der Waals surface area contributed by atoms with Gasteiger partial charge >= 0.3 is 5.97 Å². The third-order valence-corrected chi connectivity index (χ3v) is 5.77. The Bertz CT molecular complexity index is 1080. The molecule has 1 saturated heterocycles. The minimum atomic E-state index is -0.863. The van der Waals surface area contributed by atoms with Crippen molar-refractivity contribution in [2.24, 2.45) is 12.8 Å². The summed E-state index contributed by atoms with van der Waals surface area (Å²) < 4.78 is 7.91. The quantitative estimate of drug-likeness (QED) is 0.356. The molecule has 0 saturated carbocycles. The second-order valence-corrected chi connectivity index (χ2v) is 7.78. The number of hydrogen-bond donors (Lipinski definition) is 4. The molecule has 1 unspecified atom stereocenters. The number of nitrogen functional groups attached to an aromatic ring is 1. The first-order valence-electron chi connectivity index (χ1n) is 10.1. The summed E-state index contributed by atoms with van der Waals surface area (Å²) in [6.45, 7) is 1.80. The maximum atomic E-state index is 12.0. The fourth-order valence-electron chi connectivity index (χ4n) is 4.01. The van der Waals surface area contributed by atoms with E-state index in [1.54, 1.807) is 0 Å². The summed E-state index contributed by atoms with van der Waals surface area (Å²) in [5.74, 6) is -0.752. The van der Waals surface area contributed by atoms with Crippen molar-refractivity contribution in [1.29, 1.82) is 5.41 Å². The SMILES string of the molecule is Cn1c(CC(C(=O)O)c2ccc(O[C@H]3CCNC3)cc2)cc2ccc(C(=N)N)cc21. The Morgan fingerprint density at radius 2 is 2.07 bits per heavy atom. The Kier molecular flexibility index (Phi) is 5.46. The molecular weight excluding hydrogens is 380 g/mol. The predicted molar refractivity (Wildman–Crippen MR) is 116 cm³/mol. The number of hydrogen-bond acceptors (Lipinski definition) is 4. The zero-order valence-corrected chi connectivity index (χ0v) is 16.9. The van der Waals surface area contributed by atoms with E-state index in [0.717, 1.165) is 47.4 Å². The number of carboxylic acids is 1. The minimum absolute atomic E-state index is 0.0127. The topological polar surface area (TPSA) is 113 Å². The summed E-state index contributed by atoms with van der Waals surface area (Å²) in [5, 5.41) is 21.8. The van der Waals surface area contributed by atoms with E-state index in [2.05, 4.69) is 5.32 Å². The van der Waals surface area contributed by atoms with Crippen molar-refractivity contribution >= 4 is 22.7 Å². The zero-order chi connectivity index (χ0) is 21.3. The van der Waals surface area contributed by atoms with Crippen LogP contribution in [-0.4, -0.2) is 40.7 Å². The van der Waals surface area contributed by atoms with Gasteiger partial charge in [-0.05, 0) is 48.2 Å². The van der Waals surface area contributed by atoms with Gasteiger partial charge in [-0.1, -0.05) is 24.3 Å². The van der Waals surface area contributed by atoms with Crippen LogP contribution in [0, 0.1) is 5.41 Å². The van der Waals surface area contributed by atoms with Crippen molar-refractivity contribution in [1.82, 2.24) is 9.88 Å². The molecule has 3 aromatic rings. The number of benzene rings is 2. The molecule has 7 nitrogen and oxygen atoms in total. The Balaban J connectivity index is 1.57. The predicted octanol–water partition coefficient (Wildman–Crippen LogP) is 2.61. The number of nitrogens with two attached hydrogens (primary N) is 1. The third kappa shape index (κ3) is 4.02. The van der Waals surface area contributed by atoms with Crippen molar-refractivity contribution in [2.75, 3.05) is 13.1 Å². The largest absolute Gasteiger partial charge is 0.489 e. The molecule has 0 radical (unpaired) electrons. The van der Waals surface area contributed by atoms with Gasteiger partial charge in [-0.25, -0.2) is 0 Å². The van der Waals surface area contributed by atoms with Crippen molar-refractivity contribution in [3.8, 4) is 5.75 Å². The standard InChI is InChI=1S/C23H26N4O3/c1-27-17(10-15-2-3-16(22(24)25)11-21(15)27)12-20(23(28)29)14-4-6-18(7-5-14)30-19-8-9-26-13-19/h2-7,10-11,19-20,26H,8-9,12-13H2,1H3,(H3,24,25)(H,28,29)/t19-,20?/m0/s1. The summed E-state index contributed by atoms with van der Waals surface area (Å²) in [6, 6.07) is 15.0.